The van der Waals surface area contributed by atoms with Gasteiger partial charge in [-0.2, -0.15) is 14.9 Å². The van der Waals surface area contributed by atoms with Gasteiger partial charge in [-0.3, -0.25) is 0 Å². The van der Waals surface area contributed by atoms with Crippen molar-refractivity contribution in [2.75, 3.05) is 14.2 Å². The van der Waals surface area contributed by atoms with Crippen LogP contribution in [0.2, 0.25) is 10.0 Å². The van der Waals surface area contributed by atoms with Crippen LogP contribution in [0.25, 0.3) is 11.4 Å². The predicted octanol–water partition coefficient (Wildman–Crippen LogP) is 4.81. The molecule has 2 aromatic carbocycles. The molecular weight excluding hydrogens is 395 g/mol. The van der Waals surface area contributed by atoms with Crippen molar-refractivity contribution in [2.24, 2.45) is 5.10 Å². The van der Waals surface area contributed by atoms with E-state index in [9.17, 15) is 0 Å². The van der Waals surface area contributed by atoms with E-state index in [-0.39, 0.29) is 0 Å². The predicted molar refractivity (Wildman–Crippen MR) is 105 cm³/mol. The Morgan fingerprint density at radius 1 is 1.12 bits per heavy atom. The summed E-state index contributed by atoms with van der Waals surface area (Å²) in [6.07, 6.45) is 1.62. The summed E-state index contributed by atoms with van der Waals surface area (Å²) in [7, 11) is 3.16. The maximum Gasteiger partial charge on any atom is 0.216 e. The summed E-state index contributed by atoms with van der Waals surface area (Å²) < 4.78 is 12.5. The zero-order valence-corrected chi connectivity index (χ0v) is 16.2. The first-order valence-electron chi connectivity index (χ1n) is 7.42. The number of hydrogen-bond acceptors (Lipinski definition) is 5. The maximum atomic E-state index is 6.03. The quantitative estimate of drug-likeness (QED) is 0.485. The number of halogens is 2. The van der Waals surface area contributed by atoms with Gasteiger partial charge in [0.2, 0.25) is 4.77 Å². The first kappa shape index (κ1) is 18.4. The van der Waals surface area contributed by atoms with Crippen LogP contribution in [-0.4, -0.2) is 35.3 Å². The molecule has 1 heterocycles. The number of H-pyrrole nitrogens is 1. The average molecular weight is 409 g/mol. The van der Waals surface area contributed by atoms with Gasteiger partial charge in [0.05, 0.1) is 36.0 Å². The van der Waals surface area contributed by atoms with E-state index in [2.05, 4.69) is 15.3 Å². The summed E-state index contributed by atoms with van der Waals surface area (Å²) in [5, 5.41) is 12.3. The molecule has 0 amide bonds. The van der Waals surface area contributed by atoms with Crippen LogP contribution in [0.4, 0.5) is 0 Å². The fourth-order valence-corrected chi connectivity index (χ4v) is 2.76. The van der Waals surface area contributed by atoms with E-state index in [1.54, 1.807) is 44.7 Å². The smallest absolute Gasteiger partial charge is 0.216 e. The van der Waals surface area contributed by atoms with Gasteiger partial charge in [-0.05, 0) is 42.0 Å². The highest BCUT2D eigenvalue weighted by Gasteiger charge is 2.14. The lowest BCUT2D eigenvalue weighted by molar-refractivity contribution is 0.395. The van der Waals surface area contributed by atoms with E-state index >= 15 is 0 Å². The summed E-state index contributed by atoms with van der Waals surface area (Å²) in [5.74, 6) is 1.76. The van der Waals surface area contributed by atoms with Crippen molar-refractivity contribution in [2.45, 2.75) is 0 Å². The van der Waals surface area contributed by atoms with Crippen molar-refractivity contribution in [3.05, 3.63) is 56.8 Å². The Balaban J connectivity index is 2.03. The molecule has 0 saturated heterocycles. The third-order valence-electron chi connectivity index (χ3n) is 3.57. The van der Waals surface area contributed by atoms with Gasteiger partial charge in [0.1, 0.15) is 11.5 Å². The van der Waals surface area contributed by atoms with Gasteiger partial charge in [0, 0.05) is 6.07 Å². The van der Waals surface area contributed by atoms with Gasteiger partial charge in [0.15, 0.2) is 5.82 Å². The lowest BCUT2D eigenvalue weighted by Gasteiger charge is -2.09. The van der Waals surface area contributed by atoms with Crippen LogP contribution < -0.4 is 9.47 Å². The van der Waals surface area contributed by atoms with Crippen LogP contribution in [0.1, 0.15) is 5.56 Å². The zero-order valence-electron chi connectivity index (χ0n) is 13.9. The summed E-state index contributed by atoms with van der Waals surface area (Å²) in [6, 6.07) is 10.6. The molecule has 26 heavy (non-hydrogen) atoms. The molecule has 0 atom stereocenters. The Hall–Kier alpha value is -2.35. The average Bonchev–Trinajstić information content (AvgIpc) is 3.02. The second-order valence-corrected chi connectivity index (χ2v) is 6.35. The molecule has 1 N–H and O–H groups in total. The van der Waals surface area contributed by atoms with Gasteiger partial charge >= 0.3 is 0 Å². The monoisotopic (exact) mass is 408 g/mol. The van der Waals surface area contributed by atoms with Crippen molar-refractivity contribution >= 4 is 41.6 Å². The number of hydrogen-bond donors (Lipinski definition) is 1. The van der Waals surface area contributed by atoms with E-state index in [1.807, 2.05) is 12.1 Å². The van der Waals surface area contributed by atoms with Crippen LogP contribution in [-0.2, 0) is 0 Å². The highest BCUT2D eigenvalue weighted by Crippen LogP contribution is 2.32. The van der Waals surface area contributed by atoms with Crippen molar-refractivity contribution < 1.29 is 9.47 Å². The SMILES string of the molecule is COc1ccc(-c2n[nH]c(=S)n2/N=C\c2ccc(Cl)c(Cl)c2)c(OC)c1. The zero-order chi connectivity index (χ0) is 18.7. The number of benzene rings is 2. The fraction of sp³-hybridized carbons (Fsp3) is 0.118. The molecule has 0 bridgehead atoms. The molecule has 0 aliphatic rings. The molecule has 0 unspecified atom stereocenters. The third-order valence-corrected chi connectivity index (χ3v) is 4.57. The van der Waals surface area contributed by atoms with E-state index < -0.39 is 0 Å². The normalized spacial score (nSPS) is 11.1. The van der Waals surface area contributed by atoms with Gasteiger partial charge in [-0.1, -0.05) is 29.3 Å². The number of aromatic nitrogens is 3. The molecular formula is C17H14Cl2N4O2S. The van der Waals surface area contributed by atoms with Gasteiger partial charge in [-0.25, -0.2) is 5.10 Å². The molecule has 0 aliphatic carbocycles. The van der Waals surface area contributed by atoms with E-state index in [0.29, 0.717) is 37.7 Å². The maximum absolute atomic E-state index is 6.03. The Labute approximate surface area is 165 Å². The van der Waals surface area contributed by atoms with E-state index in [0.717, 1.165) is 5.56 Å². The van der Waals surface area contributed by atoms with Crippen LogP contribution in [0.5, 0.6) is 11.5 Å². The summed E-state index contributed by atoms with van der Waals surface area (Å²) in [6.45, 7) is 0. The second kappa shape index (κ2) is 7.90. The highest BCUT2D eigenvalue weighted by atomic mass is 35.5. The molecule has 9 heteroatoms. The van der Waals surface area contributed by atoms with Crippen molar-refractivity contribution in [3.8, 4) is 22.9 Å². The number of nitrogens with one attached hydrogen (secondary N) is 1. The Morgan fingerprint density at radius 3 is 2.62 bits per heavy atom. The molecule has 1 aromatic heterocycles. The number of aromatic amines is 1. The standard InChI is InChI=1S/C17H14Cl2N4O2S/c1-24-11-4-5-12(15(8-11)25-2)16-21-22-17(26)23(16)20-9-10-3-6-13(18)14(19)7-10/h3-9H,1-2H3,(H,22,26)/b20-9-. The van der Waals surface area contributed by atoms with Crippen LogP contribution >= 0.6 is 35.4 Å². The molecule has 3 aromatic rings. The Morgan fingerprint density at radius 2 is 1.92 bits per heavy atom. The van der Waals surface area contributed by atoms with Gasteiger partial charge in [0.25, 0.3) is 0 Å². The number of methoxy groups -OCH3 is 2. The minimum atomic E-state index is 0.342. The number of nitrogens with zero attached hydrogens (tertiary/aromatic N) is 3. The summed E-state index contributed by atoms with van der Waals surface area (Å²) in [5.41, 5.74) is 1.49. The van der Waals surface area contributed by atoms with Gasteiger partial charge < -0.3 is 9.47 Å². The molecule has 0 saturated carbocycles. The van der Waals surface area contributed by atoms with Crippen LogP contribution in [0, 0.1) is 4.77 Å². The topological polar surface area (TPSA) is 64.4 Å². The lowest BCUT2D eigenvalue weighted by Crippen LogP contribution is -1.98. The number of rotatable bonds is 5. The lowest BCUT2D eigenvalue weighted by atomic mass is 10.2. The molecule has 0 aliphatic heterocycles. The molecule has 3 rings (SSSR count). The Bertz CT molecular complexity index is 1030. The van der Waals surface area contributed by atoms with Crippen molar-refractivity contribution in [3.63, 3.8) is 0 Å². The molecule has 0 radical (unpaired) electrons. The molecule has 6 nitrogen and oxygen atoms in total. The van der Waals surface area contributed by atoms with Crippen LogP contribution in [0.15, 0.2) is 41.5 Å². The first-order valence-corrected chi connectivity index (χ1v) is 8.59. The van der Waals surface area contributed by atoms with E-state index in [1.165, 1.54) is 4.68 Å². The van der Waals surface area contributed by atoms with E-state index in [4.69, 9.17) is 44.9 Å². The van der Waals surface area contributed by atoms with Crippen molar-refractivity contribution in [1.29, 1.82) is 0 Å². The minimum Gasteiger partial charge on any atom is -0.497 e. The van der Waals surface area contributed by atoms with Gasteiger partial charge in [-0.15, -0.1) is 0 Å². The second-order valence-electron chi connectivity index (χ2n) is 5.15. The van der Waals surface area contributed by atoms with Crippen molar-refractivity contribution in [1.82, 2.24) is 14.9 Å². The highest BCUT2D eigenvalue weighted by molar-refractivity contribution is 7.71. The minimum absolute atomic E-state index is 0.342. The molecule has 134 valence electrons. The largest absolute Gasteiger partial charge is 0.497 e. The fourth-order valence-electron chi connectivity index (χ4n) is 2.27. The molecule has 0 spiro atoms. The third kappa shape index (κ3) is 3.75. The number of ether oxygens (including phenoxy) is 2. The molecule has 0 fully saturated rings. The summed E-state index contributed by atoms with van der Waals surface area (Å²) >= 11 is 17.2. The van der Waals surface area contributed by atoms with Crippen LogP contribution in [0.3, 0.4) is 0 Å². The Kier molecular flexibility index (Phi) is 5.61. The summed E-state index contributed by atoms with van der Waals surface area (Å²) in [4.78, 5) is 0. The first-order chi connectivity index (χ1) is 12.5.